The number of carbonyl (C=O) groups is 3. The van der Waals surface area contributed by atoms with Gasteiger partial charge in [0.1, 0.15) is 0 Å². The number of nitrogens with one attached hydrogen (secondary N) is 2. The van der Waals surface area contributed by atoms with Crippen LogP contribution in [0.25, 0.3) is 0 Å². The molecule has 2 bridgehead atoms. The van der Waals surface area contributed by atoms with Gasteiger partial charge in [-0.15, -0.1) is 0 Å². The van der Waals surface area contributed by atoms with E-state index in [2.05, 4.69) is 32.4 Å². The third-order valence-corrected chi connectivity index (χ3v) is 7.70. The molecule has 2 N–H and O–H groups in total. The van der Waals surface area contributed by atoms with E-state index in [-0.39, 0.29) is 59.8 Å². The number of hydrogen-bond acceptors (Lipinski definition) is 5. The van der Waals surface area contributed by atoms with Crippen LogP contribution in [0, 0.1) is 29.1 Å². The van der Waals surface area contributed by atoms with Gasteiger partial charge in [0.15, 0.2) is 0 Å². The molecular weight excluding hydrogens is 382 g/mol. The fourth-order valence-electron chi connectivity index (χ4n) is 6.01. The molecule has 4 aliphatic rings. The molecule has 7 heteroatoms. The smallest absolute Gasteiger partial charge is 0.307 e. The minimum absolute atomic E-state index is 0.0208. The Morgan fingerprint density at radius 2 is 1.57 bits per heavy atom. The van der Waals surface area contributed by atoms with Crippen LogP contribution >= 0.6 is 0 Å². The van der Waals surface area contributed by atoms with Crippen molar-refractivity contribution in [2.24, 2.45) is 29.1 Å². The van der Waals surface area contributed by atoms with Crippen molar-refractivity contribution in [2.75, 3.05) is 39.8 Å². The molecule has 1 spiro atoms. The van der Waals surface area contributed by atoms with E-state index < -0.39 is 0 Å². The Morgan fingerprint density at radius 1 is 0.967 bits per heavy atom. The molecule has 30 heavy (non-hydrogen) atoms. The average Bonchev–Trinajstić information content (AvgIpc) is 3.10. The highest BCUT2D eigenvalue weighted by atomic mass is 16.5. The predicted octanol–water partition coefficient (Wildman–Crippen LogP) is 1.49. The number of unbranched alkanes of at least 4 members (excludes halogenated alkanes) is 1. The fourth-order valence-corrected chi connectivity index (χ4v) is 6.01. The molecule has 7 nitrogen and oxygen atoms in total. The van der Waals surface area contributed by atoms with Crippen LogP contribution < -0.4 is 10.6 Å². The van der Waals surface area contributed by atoms with Crippen LogP contribution in [0.2, 0.25) is 0 Å². The standard InChI is InChI=1S/C23H35N3O4/c1-30-18(27)8-12-25-22(29)20-17-7-6-16(23(17)9-10-23)19(20)21(28)24-11-2-3-13-26-14-4-5-15-26/h6-7,16-17,19-20H,2-5,8-15H2,1H3,(H,24,28)(H,25,29)/t16-,17+,19-,20-/m1/s1. The molecule has 2 amide bonds. The molecule has 3 aliphatic carbocycles. The van der Waals surface area contributed by atoms with E-state index in [9.17, 15) is 14.4 Å². The molecule has 4 rings (SSSR count). The van der Waals surface area contributed by atoms with Crippen molar-refractivity contribution >= 4 is 17.8 Å². The molecule has 4 atom stereocenters. The summed E-state index contributed by atoms with van der Waals surface area (Å²) in [5.41, 5.74) is 0.127. The summed E-state index contributed by atoms with van der Waals surface area (Å²) in [6, 6.07) is 0. The molecule has 1 heterocycles. The lowest BCUT2D eigenvalue weighted by molar-refractivity contribution is -0.141. The first kappa shape index (κ1) is 21.3. The van der Waals surface area contributed by atoms with Crippen molar-refractivity contribution in [3.05, 3.63) is 12.2 Å². The Hall–Kier alpha value is -1.89. The van der Waals surface area contributed by atoms with E-state index in [1.54, 1.807) is 0 Å². The number of carbonyl (C=O) groups excluding carboxylic acids is 3. The molecule has 1 saturated heterocycles. The second-order valence-electron chi connectivity index (χ2n) is 9.39. The first-order chi connectivity index (χ1) is 14.6. The Kier molecular flexibility index (Phi) is 6.46. The molecule has 1 aliphatic heterocycles. The summed E-state index contributed by atoms with van der Waals surface area (Å²) in [6.45, 7) is 4.45. The molecule has 2 saturated carbocycles. The fraction of sp³-hybridized carbons (Fsp3) is 0.783. The summed E-state index contributed by atoms with van der Waals surface area (Å²) in [6.07, 6.45) is 11.4. The summed E-state index contributed by atoms with van der Waals surface area (Å²) in [5.74, 6) is -0.729. The number of ether oxygens (including phenoxy) is 1. The number of nitrogens with zero attached hydrogens (tertiary/aromatic N) is 1. The lowest BCUT2D eigenvalue weighted by Crippen LogP contribution is -2.44. The van der Waals surface area contributed by atoms with Crippen LogP contribution in [0.3, 0.4) is 0 Å². The summed E-state index contributed by atoms with van der Waals surface area (Å²) >= 11 is 0. The zero-order valence-electron chi connectivity index (χ0n) is 18.0. The Bertz CT molecular complexity index is 697. The van der Waals surface area contributed by atoms with E-state index in [4.69, 9.17) is 0 Å². The van der Waals surface area contributed by atoms with E-state index in [0.717, 1.165) is 32.2 Å². The number of hydrogen-bond donors (Lipinski definition) is 2. The van der Waals surface area contributed by atoms with Gasteiger partial charge in [-0.05, 0) is 75.4 Å². The van der Waals surface area contributed by atoms with Crippen molar-refractivity contribution in [3.8, 4) is 0 Å². The number of amides is 2. The van der Waals surface area contributed by atoms with Gasteiger partial charge < -0.3 is 20.3 Å². The molecule has 0 radical (unpaired) electrons. The summed E-state index contributed by atoms with van der Waals surface area (Å²) in [4.78, 5) is 39.9. The quantitative estimate of drug-likeness (QED) is 0.319. The minimum Gasteiger partial charge on any atom is -0.469 e. The highest BCUT2D eigenvalue weighted by molar-refractivity contribution is 5.90. The maximum atomic E-state index is 13.1. The van der Waals surface area contributed by atoms with Crippen molar-refractivity contribution in [1.29, 1.82) is 0 Å². The second kappa shape index (κ2) is 9.08. The zero-order valence-corrected chi connectivity index (χ0v) is 18.0. The second-order valence-corrected chi connectivity index (χ2v) is 9.39. The number of methoxy groups -OCH3 is 1. The van der Waals surface area contributed by atoms with Gasteiger partial charge in [-0.2, -0.15) is 0 Å². The number of esters is 1. The van der Waals surface area contributed by atoms with Crippen LogP contribution in [-0.2, 0) is 19.1 Å². The van der Waals surface area contributed by atoms with Crippen LogP contribution in [0.4, 0.5) is 0 Å². The Morgan fingerprint density at radius 3 is 2.13 bits per heavy atom. The normalized spacial score (nSPS) is 30.6. The Labute approximate surface area is 179 Å². The Balaban J connectivity index is 1.29. The molecular formula is C23H35N3O4. The lowest BCUT2D eigenvalue weighted by Gasteiger charge is -2.26. The topological polar surface area (TPSA) is 87.7 Å². The molecule has 166 valence electrons. The summed E-state index contributed by atoms with van der Waals surface area (Å²) in [7, 11) is 1.34. The zero-order chi connectivity index (χ0) is 21.1. The van der Waals surface area contributed by atoms with E-state index >= 15 is 0 Å². The third kappa shape index (κ3) is 4.13. The number of allylic oxidation sites excluding steroid dienone is 2. The molecule has 3 fully saturated rings. The molecule has 0 unspecified atom stereocenters. The first-order valence-corrected chi connectivity index (χ1v) is 11.6. The van der Waals surface area contributed by atoms with E-state index in [1.807, 2.05) is 0 Å². The maximum Gasteiger partial charge on any atom is 0.307 e. The van der Waals surface area contributed by atoms with E-state index in [0.29, 0.717) is 6.54 Å². The van der Waals surface area contributed by atoms with Crippen molar-refractivity contribution in [3.63, 3.8) is 0 Å². The van der Waals surface area contributed by atoms with Crippen LogP contribution in [0.1, 0.15) is 44.9 Å². The van der Waals surface area contributed by atoms with Crippen LogP contribution in [-0.4, -0.2) is 62.5 Å². The first-order valence-electron chi connectivity index (χ1n) is 11.6. The summed E-state index contributed by atoms with van der Waals surface area (Å²) < 4.78 is 4.64. The average molecular weight is 418 g/mol. The van der Waals surface area contributed by atoms with Gasteiger partial charge in [0, 0.05) is 13.1 Å². The predicted molar refractivity (Wildman–Crippen MR) is 112 cm³/mol. The maximum absolute atomic E-state index is 13.1. The van der Waals surface area contributed by atoms with Crippen LogP contribution in [0.5, 0.6) is 0 Å². The van der Waals surface area contributed by atoms with Gasteiger partial charge in [0.05, 0.1) is 25.4 Å². The van der Waals surface area contributed by atoms with Crippen molar-refractivity contribution < 1.29 is 19.1 Å². The monoisotopic (exact) mass is 417 g/mol. The van der Waals surface area contributed by atoms with Gasteiger partial charge in [-0.1, -0.05) is 12.2 Å². The largest absolute Gasteiger partial charge is 0.469 e. The number of likely N-dealkylation sites (tertiary alicyclic amines) is 1. The van der Waals surface area contributed by atoms with Crippen LogP contribution in [0.15, 0.2) is 12.2 Å². The molecule has 0 aromatic heterocycles. The molecule has 0 aromatic carbocycles. The van der Waals surface area contributed by atoms with Gasteiger partial charge in [0.2, 0.25) is 11.8 Å². The molecule has 0 aromatic rings. The van der Waals surface area contributed by atoms with Crippen molar-refractivity contribution in [2.45, 2.75) is 44.9 Å². The number of rotatable bonds is 10. The third-order valence-electron chi connectivity index (χ3n) is 7.70. The minimum atomic E-state index is -0.343. The SMILES string of the molecule is COC(=O)CCNC(=O)[C@H]1[C@H](C(=O)NCCCCN2CCCC2)[C@H]2C=C[C@@H]1C21CC1. The highest BCUT2D eigenvalue weighted by Gasteiger charge is 2.69. The highest BCUT2D eigenvalue weighted by Crippen LogP contribution is 2.72. The van der Waals surface area contributed by atoms with E-state index in [1.165, 1.54) is 33.0 Å². The van der Waals surface area contributed by atoms with Gasteiger partial charge >= 0.3 is 5.97 Å². The summed E-state index contributed by atoms with van der Waals surface area (Å²) in [5, 5.41) is 6.00. The van der Waals surface area contributed by atoms with Gasteiger partial charge in [0.25, 0.3) is 0 Å². The van der Waals surface area contributed by atoms with Gasteiger partial charge in [-0.25, -0.2) is 0 Å². The van der Waals surface area contributed by atoms with Gasteiger partial charge in [-0.3, -0.25) is 14.4 Å². The lowest BCUT2D eigenvalue weighted by atomic mass is 9.81. The van der Waals surface area contributed by atoms with Crippen molar-refractivity contribution in [1.82, 2.24) is 15.5 Å².